The van der Waals surface area contributed by atoms with Crippen LogP contribution in [-0.4, -0.2) is 10.2 Å². The lowest BCUT2D eigenvalue weighted by atomic mass is 9.78. The van der Waals surface area contributed by atoms with E-state index in [9.17, 15) is 10.2 Å². The van der Waals surface area contributed by atoms with Crippen molar-refractivity contribution in [1.29, 1.82) is 0 Å². The van der Waals surface area contributed by atoms with E-state index in [0.29, 0.717) is 16.0 Å². The highest BCUT2D eigenvalue weighted by molar-refractivity contribution is 6.32. The summed E-state index contributed by atoms with van der Waals surface area (Å²) in [6.07, 6.45) is 2.02. The molecule has 0 atom stereocenters. The van der Waals surface area contributed by atoms with Gasteiger partial charge in [-0.1, -0.05) is 62.0 Å². The molecule has 2 nitrogen and oxygen atoms in total. The number of aromatic hydroxyl groups is 2. The number of halogens is 2. The lowest BCUT2D eigenvalue weighted by Gasteiger charge is -2.27. The first-order valence-corrected chi connectivity index (χ1v) is 8.20. The third-order valence-electron chi connectivity index (χ3n) is 4.18. The largest absolute Gasteiger partial charge is 0.506 e. The highest BCUT2D eigenvalue weighted by atomic mass is 35.5. The van der Waals surface area contributed by atoms with Crippen molar-refractivity contribution in [2.24, 2.45) is 5.92 Å². The van der Waals surface area contributed by atoms with Crippen LogP contribution in [0.25, 0.3) is 0 Å². The van der Waals surface area contributed by atoms with Crippen LogP contribution in [0.1, 0.15) is 43.7 Å². The number of benzene rings is 2. The maximum atomic E-state index is 9.64. The number of phenolic OH excluding ortho intramolecular Hbond substituents is 2. The average Bonchev–Trinajstić information content (AvgIpc) is 2.51. The Kier molecular flexibility index (Phi) is 5.60. The zero-order valence-corrected chi connectivity index (χ0v) is 14.2. The lowest BCUT2D eigenvalue weighted by Crippen LogP contribution is -2.13. The van der Waals surface area contributed by atoms with Gasteiger partial charge in [-0.25, -0.2) is 0 Å². The molecule has 0 amide bonds. The molecule has 2 rings (SSSR count). The van der Waals surface area contributed by atoms with Crippen molar-refractivity contribution in [3.05, 3.63) is 57.6 Å². The van der Waals surface area contributed by atoms with Gasteiger partial charge in [-0.2, -0.15) is 0 Å². The molecule has 2 aromatic carbocycles. The third-order valence-corrected chi connectivity index (χ3v) is 4.79. The Morgan fingerprint density at radius 3 is 1.55 bits per heavy atom. The first-order valence-electron chi connectivity index (χ1n) is 7.44. The molecule has 2 N–H and O–H groups in total. The van der Waals surface area contributed by atoms with Gasteiger partial charge in [-0.3, -0.25) is 0 Å². The highest BCUT2D eigenvalue weighted by Gasteiger charge is 2.24. The van der Waals surface area contributed by atoms with E-state index >= 15 is 0 Å². The minimum atomic E-state index is 0.0810. The summed E-state index contributed by atoms with van der Waals surface area (Å²) in [5.74, 6) is 0.697. The zero-order valence-electron chi connectivity index (χ0n) is 12.7. The summed E-state index contributed by atoms with van der Waals surface area (Å²) in [5.41, 5.74) is 2.08. The first-order chi connectivity index (χ1) is 10.5. The van der Waals surface area contributed by atoms with E-state index in [-0.39, 0.29) is 17.4 Å². The minimum Gasteiger partial charge on any atom is -0.506 e. The molecule has 118 valence electrons. The molecule has 0 radical (unpaired) electrons. The molecule has 22 heavy (non-hydrogen) atoms. The van der Waals surface area contributed by atoms with Gasteiger partial charge in [0.2, 0.25) is 0 Å². The Morgan fingerprint density at radius 2 is 1.23 bits per heavy atom. The van der Waals surface area contributed by atoms with E-state index in [0.717, 1.165) is 24.0 Å². The summed E-state index contributed by atoms with van der Waals surface area (Å²) >= 11 is 12.2. The van der Waals surface area contributed by atoms with E-state index in [1.54, 1.807) is 24.3 Å². The SMILES string of the molecule is CCC(CC)C(c1ccc(O)c(Cl)c1)c1ccc(O)c(Cl)c1. The molecule has 0 saturated carbocycles. The second-order valence-corrected chi connectivity index (χ2v) is 6.29. The second kappa shape index (κ2) is 7.26. The predicted octanol–water partition coefficient (Wildman–Crippen LogP) is 5.97. The number of hydrogen-bond acceptors (Lipinski definition) is 2. The van der Waals surface area contributed by atoms with Crippen LogP contribution in [0, 0.1) is 5.92 Å². The van der Waals surface area contributed by atoms with Gasteiger partial charge in [0.05, 0.1) is 10.0 Å². The van der Waals surface area contributed by atoms with Crippen molar-refractivity contribution < 1.29 is 10.2 Å². The van der Waals surface area contributed by atoms with Crippen molar-refractivity contribution in [3.8, 4) is 11.5 Å². The molecule has 2 aromatic rings. The maximum Gasteiger partial charge on any atom is 0.134 e. The van der Waals surface area contributed by atoms with Gasteiger partial charge < -0.3 is 10.2 Å². The molecular formula is C18H20Cl2O2. The summed E-state index contributed by atoms with van der Waals surface area (Å²) in [7, 11) is 0. The van der Waals surface area contributed by atoms with Crippen LogP contribution in [0.4, 0.5) is 0 Å². The van der Waals surface area contributed by atoms with Gasteiger partial charge in [-0.05, 0) is 41.3 Å². The Balaban J connectivity index is 2.54. The van der Waals surface area contributed by atoms with Gasteiger partial charge in [-0.15, -0.1) is 0 Å². The van der Waals surface area contributed by atoms with Crippen LogP contribution in [-0.2, 0) is 0 Å². The fourth-order valence-corrected chi connectivity index (χ4v) is 3.31. The van der Waals surface area contributed by atoms with Crippen LogP contribution in [0.3, 0.4) is 0 Å². The fourth-order valence-electron chi connectivity index (χ4n) is 2.93. The molecule has 0 unspecified atom stereocenters. The van der Waals surface area contributed by atoms with E-state index < -0.39 is 0 Å². The molecule has 0 saturated heterocycles. The normalized spacial score (nSPS) is 11.4. The van der Waals surface area contributed by atoms with Gasteiger partial charge in [0.1, 0.15) is 11.5 Å². The van der Waals surface area contributed by atoms with E-state index in [1.807, 2.05) is 12.1 Å². The summed E-state index contributed by atoms with van der Waals surface area (Å²) in [4.78, 5) is 0. The van der Waals surface area contributed by atoms with Crippen LogP contribution < -0.4 is 0 Å². The molecular weight excluding hydrogens is 319 g/mol. The molecule has 0 aliphatic rings. The molecule has 0 bridgehead atoms. The third kappa shape index (κ3) is 3.50. The summed E-state index contributed by atoms with van der Waals surface area (Å²) < 4.78 is 0. The quantitative estimate of drug-likeness (QED) is 0.704. The lowest BCUT2D eigenvalue weighted by molar-refractivity contribution is 0.435. The maximum absolute atomic E-state index is 9.64. The Bertz CT molecular complexity index is 600. The van der Waals surface area contributed by atoms with Crippen molar-refractivity contribution in [2.75, 3.05) is 0 Å². The number of rotatable bonds is 5. The Morgan fingerprint density at radius 1 is 0.818 bits per heavy atom. The minimum absolute atomic E-state index is 0.0810. The molecule has 4 heteroatoms. The van der Waals surface area contributed by atoms with E-state index in [2.05, 4.69) is 13.8 Å². The topological polar surface area (TPSA) is 40.5 Å². The standard InChI is InChI=1S/C18H20Cl2O2/c1-3-11(4-2)18(12-5-7-16(21)14(19)9-12)13-6-8-17(22)15(20)10-13/h5-11,18,21-22H,3-4H2,1-2H3. The number of hydrogen-bond donors (Lipinski definition) is 2. The van der Waals surface area contributed by atoms with Crippen LogP contribution in [0.15, 0.2) is 36.4 Å². The molecule has 0 aromatic heterocycles. The molecule has 0 aliphatic heterocycles. The molecule has 0 heterocycles. The predicted molar refractivity (Wildman–Crippen MR) is 92.1 cm³/mol. The summed E-state index contributed by atoms with van der Waals surface area (Å²) in [6.45, 7) is 4.32. The second-order valence-electron chi connectivity index (χ2n) is 5.48. The van der Waals surface area contributed by atoms with E-state index in [4.69, 9.17) is 23.2 Å². The van der Waals surface area contributed by atoms with Gasteiger partial charge in [0, 0.05) is 5.92 Å². The van der Waals surface area contributed by atoms with Gasteiger partial charge >= 0.3 is 0 Å². The average molecular weight is 339 g/mol. The number of phenols is 2. The monoisotopic (exact) mass is 338 g/mol. The van der Waals surface area contributed by atoms with Crippen molar-refractivity contribution in [3.63, 3.8) is 0 Å². The Hall–Kier alpha value is -1.38. The van der Waals surface area contributed by atoms with Crippen molar-refractivity contribution >= 4 is 23.2 Å². The van der Waals surface area contributed by atoms with Crippen molar-refractivity contribution in [1.82, 2.24) is 0 Å². The first kappa shape index (κ1) is 17.0. The van der Waals surface area contributed by atoms with Crippen LogP contribution in [0.2, 0.25) is 10.0 Å². The van der Waals surface area contributed by atoms with Crippen LogP contribution >= 0.6 is 23.2 Å². The highest BCUT2D eigenvalue weighted by Crippen LogP contribution is 2.40. The Labute approximate surface area is 141 Å². The van der Waals surface area contributed by atoms with Crippen molar-refractivity contribution in [2.45, 2.75) is 32.6 Å². The van der Waals surface area contributed by atoms with Gasteiger partial charge in [0.25, 0.3) is 0 Å². The van der Waals surface area contributed by atoms with Gasteiger partial charge in [0.15, 0.2) is 0 Å². The smallest absolute Gasteiger partial charge is 0.134 e. The van der Waals surface area contributed by atoms with Crippen LogP contribution in [0.5, 0.6) is 11.5 Å². The molecule has 0 aliphatic carbocycles. The zero-order chi connectivity index (χ0) is 16.3. The summed E-state index contributed by atoms with van der Waals surface area (Å²) in [5, 5.41) is 20.0. The summed E-state index contributed by atoms with van der Waals surface area (Å²) in [6, 6.07) is 10.6. The van der Waals surface area contributed by atoms with E-state index in [1.165, 1.54) is 0 Å². The molecule has 0 spiro atoms. The molecule has 0 fully saturated rings. The fraction of sp³-hybridized carbons (Fsp3) is 0.333.